The zero-order valence-corrected chi connectivity index (χ0v) is 7.36. The topological polar surface area (TPSA) is 25.2 Å². The first kappa shape index (κ1) is 8.65. The third-order valence-corrected chi connectivity index (χ3v) is 1.50. The molecule has 1 aromatic heterocycles. The van der Waals surface area contributed by atoms with E-state index in [1.807, 2.05) is 37.6 Å². The Bertz CT molecular complexity index is 269. The normalized spacial score (nSPS) is 11.5. The zero-order valence-electron chi connectivity index (χ0n) is 7.36. The van der Waals surface area contributed by atoms with Gasteiger partial charge in [0.2, 0.25) is 0 Å². The van der Waals surface area contributed by atoms with E-state index in [-0.39, 0.29) is 0 Å². The molecular weight excluding hydrogens is 148 g/mol. The molecule has 0 saturated heterocycles. The van der Waals surface area contributed by atoms with E-state index in [1.165, 1.54) is 0 Å². The lowest BCUT2D eigenvalue weighted by atomic mass is 10.1. The van der Waals surface area contributed by atoms with Crippen LogP contribution >= 0.6 is 0 Å². The maximum atomic E-state index is 4.03. The molecule has 1 heterocycles. The highest BCUT2D eigenvalue weighted by Crippen LogP contribution is 2.05. The van der Waals surface area contributed by atoms with Gasteiger partial charge in [0.15, 0.2) is 0 Å². The summed E-state index contributed by atoms with van der Waals surface area (Å²) in [5.74, 6) is 0. The van der Waals surface area contributed by atoms with Crippen molar-refractivity contribution in [3.8, 4) is 0 Å². The number of hydrogen-bond donors (Lipinski definition) is 0. The SMILES string of the molecule is C/C=C/c1cnccc1/C=N\C. The quantitative estimate of drug-likeness (QED) is 0.608. The summed E-state index contributed by atoms with van der Waals surface area (Å²) < 4.78 is 0. The maximum Gasteiger partial charge on any atom is 0.0346 e. The van der Waals surface area contributed by atoms with Gasteiger partial charge in [0.1, 0.15) is 0 Å². The van der Waals surface area contributed by atoms with Crippen molar-refractivity contribution in [2.45, 2.75) is 6.92 Å². The molecule has 2 nitrogen and oxygen atoms in total. The number of hydrogen-bond acceptors (Lipinski definition) is 2. The van der Waals surface area contributed by atoms with Crippen LogP contribution in [0.25, 0.3) is 6.08 Å². The van der Waals surface area contributed by atoms with Crippen LogP contribution in [0.4, 0.5) is 0 Å². The third kappa shape index (κ3) is 2.02. The van der Waals surface area contributed by atoms with E-state index in [9.17, 15) is 0 Å². The Hall–Kier alpha value is -1.44. The molecule has 0 N–H and O–H groups in total. The highest BCUT2D eigenvalue weighted by atomic mass is 14.6. The summed E-state index contributed by atoms with van der Waals surface area (Å²) in [5.41, 5.74) is 2.20. The van der Waals surface area contributed by atoms with Gasteiger partial charge in [0.25, 0.3) is 0 Å². The third-order valence-electron chi connectivity index (χ3n) is 1.50. The lowest BCUT2D eigenvalue weighted by Gasteiger charge is -1.96. The highest BCUT2D eigenvalue weighted by molar-refractivity contribution is 5.84. The molecule has 2 heteroatoms. The first-order valence-electron chi connectivity index (χ1n) is 3.87. The molecule has 1 aromatic rings. The Labute approximate surface area is 72.7 Å². The van der Waals surface area contributed by atoms with Crippen LogP contribution < -0.4 is 0 Å². The lowest BCUT2D eigenvalue weighted by Crippen LogP contribution is -1.87. The summed E-state index contributed by atoms with van der Waals surface area (Å²) >= 11 is 0. The second-order valence-electron chi connectivity index (χ2n) is 2.39. The van der Waals surface area contributed by atoms with Crippen molar-refractivity contribution in [2.75, 3.05) is 7.05 Å². The van der Waals surface area contributed by atoms with Crippen LogP contribution in [0.2, 0.25) is 0 Å². The lowest BCUT2D eigenvalue weighted by molar-refractivity contribution is 1.31. The van der Waals surface area contributed by atoms with Crippen molar-refractivity contribution in [3.05, 3.63) is 35.7 Å². The average molecular weight is 160 g/mol. The Morgan fingerprint density at radius 3 is 2.92 bits per heavy atom. The average Bonchev–Trinajstić information content (AvgIpc) is 2.09. The number of aliphatic imine (C=N–C) groups is 1. The molecule has 0 spiro atoms. The molecule has 62 valence electrons. The molecule has 0 aliphatic heterocycles. The van der Waals surface area contributed by atoms with Crippen molar-refractivity contribution >= 4 is 12.3 Å². The van der Waals surface area contributed by atoms with E-state index in [4.69, 9.17) is 0 Å². The molecule has 0 saturated carbocycles. The minimum absolute atomic E-state index is 1.10. The molecule has 0 unspecified atom stereocenters. The van der Waals surface area contributed by atoms with Crippen LogP contribution in [0.1, 0.15) is 18.1 Å². The van der Waals surface area contributed by atoms with Crippen molar-refractivity contribution in [3.63, 3.8) is 0 Å². The largest absolute Gasteiger partial charge is 0.296 e. The first-order chi connectivity index (χ1) is 5.88. The fourth-order valence-electron chi connectivity index (χ4n) is 0.993. The van der Waals surface area contributed by atoms with Gasteiger partial charge < -0.3 is 0 Å². The molecule has 0 aliphatic carbocycles. The molecule has 12 heavy (non-hydrogen) atoms. The summed E-state index contributed by atoms with van der Waals surface area (Å²) in [5, 5.41) is 0. The van der Waals surface area contributed by atoms with Gasteiger partial charge in [0.05, 0.1) is 0 Å². The van der Waals surface area contributed by atoms with Crippen LogP contribution in [0.5, 0.6) is 0 Å². The molecule has 0 atom stereocenters. The first-order valence-corrected chi connectivity index (χ1v) is 3.87. The Morgan fingerprint density at radius 1 is 1.42 bits per heavy atom. The summed E-state index contributed by atoms with van der Waals surface area (Å²) in [6.45, 7) is 1.99. The molecule has 1 rings (SSSR count). The Balaban J connectivity index is 3.08. The van der Waals surface area contributed by atoms with Gasteiger partial charge in [-0.25, -0.2) is 0 Å². The highest BCUT2D eigenvalue weighted by Gasteiger charge is 1.93. The molecule has 0 amide bonds. The van der Waals surface area contributed by atoms with Crippen molar-refractivity contribution < 1.29 is 0 Å². The standard InChI is InChI=1S/C10H12N2/c1-3-4-9-8-12-6-5-10(9)7-11-2/h3-8H,1-2H3/b4-3+,11-7-. The van der Waals surface area contributed by atoms with E-state index < -0.39 is 0 Å². The van der Waals surface area contributed by atoms with Crippen molar-refractivity contribution in [2.24, 2.45) is 4.99 Å². The maximum absolute atomic E-state index is 4.03. The van der Waals surface area contributed by atoms with E-state index in [0.29, 0.717) is 0 Å². The van der Waals surface area contributed by atoms with Gasteiger partial charge in [-0.1, -0.05) is 12.2 Å². The summed E-state index contributed by atoms with van der Waals surface area (Å²) in [6.07, 6.45) is 9.44. The van der Waals surface area contributed by atoms with Gasteiger partial charge in [-0.3, -0.25) is 9.98 Å². The zero-order chi connectivity index (χ0) is 8.81. The summed E-state index contributed by atoms with van der Waals surface area (Å²) in [6, 6.07) is 1.95. The monoisotopic (exact) mass is 160 g/mol. The fourth-order valence-corrected chi connectivity index (χ4v) is 0.993. The van der Waals surface area contributed by atoms with Gasteiger partial charge in [-0.15, -0.1) is 0 Å². The van der Waals surface area contributed by atoms with E-state index >= 15 is 0 Å². The van der Waals surface area contributed by atoms with Crippen molar-refractivity contribution in [1.82, 2.24) is 4.98 Å². The van der Waals surface area contributed by atoms with Gasteiger partial charge >= 0.3 is 0 Å². The predicted octanol–water partition coefficient (Wildman–Crippen LogP) is 2.16. The van der Waals surface area contributed by atoms with Crippen LogP contribution in [0.15, 0.2) is 29.5 Å². The number of pyridine rings is 1. The molecule has 0 bridgehead atoms. The van der Waals surface area contributed by atoms with Gasteiger partial charge in [0, 0.05) is 36.8 Å². The molecule has 0 aliphatic rings. The van der Waals surface area contributed by atoms with Gasteiger partial charge in [-0.05, 0) is 13.0 Å². The van der Waals surface area contributed by atoms with Crippen molar-refractivity contribution in [1.29, 1.82) is 0 Å². The Kier molecular flexibility index (Phi) is 3.20. The second kappa shape index (κ2) is 4.44. The minimum atomic E-state index is 1.10. The van der Waals surface area contributed by atoms with Crippen LogP contribution in [0.3, 0.4) is 0 Å². The number of nitrogens with zero attached hydrogens (tertiary/aromatic N) is 2. The molecule has 0 fully saturated rings. The van der Waals surface area contributed by atoms with Crippen LogP contribution in [0, 0.1) is 0 Å². The predicted molar refractivity (Wildman–Crippen MR) is 52.5 cm³/mol. The summed E-state index contributed by atoms with van der Waals surface area (Å²) in [7, 11) is 1.76. The van der Waals surface area contributed by atoms with E-state index in [2.05, 4.69) is 9.98 Å². The number of allylic oxidation sites excluding steroid dienone is 1. The summed E-state index contributed by atoms with van der Waals surface area (Å²) in [4.78, 5) is 8.00. The second-order valence-corrected chi connectivity index (χ2v) is 2.39. The van der Waals surface area contributed by atoms with Crippen LogP contribution in [-0.2, 0) is 0 Å². The fraction of sp³-hybridized carbons (Fsp3) is 0.200. The number of aromatic nitrogens is 1. The number of rotatable bonds is 2. The molecular formula is C10H12N2. The van der Waals surface area contributed by atoms with E-state index in [0.717, 1.165) is 11.1 Å². The van der Waals surface area contributed by atoms with E-state index in [1.54, 1.807) is 13.2 Å². The van der Waals surface area contributed by atoms with Gasteiger partial charge in [-0.2, -0.15) is 0 Å². The van der Waals surface area contributed by atoms with Crippen LogP contribution in [-0.4, -0.2) is 18.2 Å². The Morgan fingerprint density at radius 2 is 2.25 bits per heavy atom. The molecule has 0 aromatic carbocycles. The smallest absolute Gasteiger partial charge is 0.0346 e. The molecule has 0 radical (unpaired) electrons. The minimum Gasteiger partial charge on any atom is -0.296 e.